The predicted octanol–water partition coefficient (Wildman–Crippen LogP) is 2.78. The van der Waals surface area contributed by atoms with Crippen molar-refractivity contribution in [2.45, 2.75) is 26.5 Å². The van der Waals surface area contributed by atoms with Crippen molar-refractivity contribution >= 4 is 15.9 Å². The van der Waals surface area contributed by atoms with Crippen molar-refractivity contribution in [1.82, 2.24) is 9.78 Å². The lowest BCUT2D eigenvalue weighted by atomic mass is 10.2. The van der Waals surface area contributed by atoms with Gasteiger partial charge >= 0.3 is 0 Å². The molecule has 102 valence electrons. The van der Waals surface area contributed by atoms with E-state index in [1.54, 1.807) is 0 Å². The van der Waals surface area contributed by atoms with Crippen LogP contribution in [0.1, 0.15) is 23.9 Å². The molecule has 2 N–H and O–H groups in total. The minimum atomic E-state index is 0.473. The van der Waals surface area contributed by atoms with Crippen molar-refractivity contribution in [2.24, 2.45) is 12.8 Å². The van der Waals surface area contributed by atoms with Gasteiger partial charge in [0, 0.05) is 19.2 Å². The molecule has 5 heteroatoms. The van der Waals surface area contributed by atoms with Gasteiger partial charge in [0.25, 0.3) is 0 Å². The number of rotatable bonds is 5. The molecule has 1 aromatic carbocycles. The molecule has 0 saturated heterocycles. The van der Waals surface area contributed by atoms with E-state index < -0.39 is 0 Å². The molecule has 0 bridgehead atoms. The van der Waals surface area contributed by atoms with Gasteiger partial charge in [0.15, 0.2) is 0 Å². The lowest BCUT2D eigenvalue weighted by Crippen LogP contribution is -2.06. The Morgan fingerprint density at radius 2 is 2.11 bits per heavy atom. The normalized spacial score (nSPS) is 10.7. The van der Waals surface area contributed by atoms with Crippen LogP contribution in [0.3, 0.4) is 0 Å². The monoisotopic (exact) mass is 323 g/mol. The topological polar surface area (TPSA) is 53.1 Å². The molecule has 1 aromatic heterocycles. The standard InChI is InChI=1S/C14H18BrN3O/c1-3-11-14(15)12(18(2)17-11)9-19-13-7-5-4-6-10(13)8-16/h4-7H,3,8-9,16H2,1-2H3. The van der Waals surface area contributed by atoms with Crippen LogP contribution >= 0.6 is 15.9 Å². The summed E-state index contributed by atoms with van der Waals surface area (Å²) >= 11 is 3.58. The van der Waals surface area contributed by atoms with Gasteiger partial charge in [0.2, 0.25) is 0 Å². The van der Waals surface area contributed by atoms with Crippen molar-refractivity contribution in [1.29, 1.82) is 0 Å². The fraction of sp³-hybridized carbons (Fsp3) is 0.357. The highest BCUT2D eigenvalue weighted by molar-refractivity contribution is 9.10. The van der Waals surface area contributed by atoms with E-state index in [2.05, 4.69) is 28.0 Å². The van der Waals surface area contributed by atoms with E-state index in [1.807, 2.05) is 36.0 Å². The van der Waals surface area contributed by atoms with Crippen LogP contribution in [0.25, 0.3) is 0 Å². The minimum absolute atomic E-state index is 0.473. The first kappa shape index (κ1) is 14.1. The second-order valence-corrected chi connectivity index (χ2v) is 5.08. The van der Waals surface area contributed by atoms with E-state index in [4.69, 9.17) is 10.5 Å². The van der Waals surface area contributed by atoms with Crippen molar-refractivity contribution in [3.05, 3.63) is 45.7 Å². The second kappa shape index (κ2) is 6.21. The number of aromatic nitrogens is 2. The minimum Gasteiger partial charge on any atom is -0.487 e. The number of hydrogen-bond donors (Lipinski definition) is 1. The van der Waals surface area contributed by atoms with Gasteiger partial charge in [-0.1, -0.05) is 25.1 Å². The van der Waals surface area contributed by atoms with Gasteiger partial charge in [-0.2, -0.15) is 5.10 Å². The number of halogens is 1. The van der Waals surface area contributed by atoms with Crippen LogP contribution in [0.2, 0.25) is 0 Å². The van der Waals surface area contributed by atoms with E-state index in [0.29, 0.717) is 13.2 Å². The molecule has 0 fully saturated rings. The van der Waals surface area contributed by atoms with Crippen molar-refractivity contribution < 1.29 is 4.74 Å². The summed E-state index contributed by atoms with van der Waals surface area (Å²) < 4.78 is 8.75. The Bertz CT molecular complexity index is 566. The molecule has 0 unspecified atom stereocenters. The maximum Gasteiger partial charge on any atom is 0.131 e. The summed E-state index contributed by atoms with van der Waals surface area (Å²) in [5, 5.41) is 4.45. The molecule has 0 spiro atoms. The zero-order valence-corrected chi connectivity index (χ0v) is 12.8. The van der Waals surface area contributed by atoms with Crippen LogP contribution in [0.5, 0.6) is 5.75 Å². The third kappa shape index (κ3) is 2.98. The fourth-order valence-electron chi connectivity index (χ4n) is 1.94. The van der Waals surface area contributed by atoms with Gasteiger partial charge in [-0.15, -0.1) is 0 Å². The molecule has 0 atom stereocenters. The summed E-state index contributed by atoms with van der Waals surface area (Å²) in [4.78, 5) is 0. The maximum absolute atomic E-state index is 5.86. The van der Waals surface area contributed by atoms with Crippen molar-refractivity contribution in [3.63, 3.8) is 0 Å². The molecular weight excluding hydrogens is 306 g/mol. The SMILES string of the molecule is CCc1nn(C)c(COc2ccccc2CN)c1Br. The van der Waals surface area contributed by atoms with Gasteiger partial charge < -0.3 is 10.5 Å². The first-order chi connectivity index (χ1) is 9.17. The number of benzene rings is 1. The highest BCUT2D eigenvalue weighted by Crippen LogP contribution is 2.24. The Morgan fingerprint density at radius 3 is 2.74 bits per heavy atom. The lowest BCUT2D eigenvalue weighted by molar-refractivity contribution is 0.291. The van der Waals surface area contributed by atoms with Crippen LogP contribution in [0, 0.1) is 0 Å². The average Bonchev–Trinajstić information content (AvgIpc) is 2.71. The maximum atomic E-state index is 5.86. The van der Waals surface area contributed by atoms with Crippen molar-refractivity contribution in [3.8, 4) is 5.75 Å². The predicted molar refractivity (Wildman–Crippen MR) is 79.0 cm³/mol. The van der Waals surface area contributed by atoms with E-state index in [9.17, 15) is 0 Å². The number of ether oxygens (including phenoxy) is 1. The molecule has 0 saturated carbocycles. The Morgan fingerprint density at radius 1 is 1.37 bits per heavy atom. The molecule has 0 aliphatic carbocycles. The molecule has 0 amide bonds. The number of nitrogens with two attached hydrogens (primary N) is 1. The average molecular weight is 324 g/mol. The Kier molecular flexibility index (Phi) is 4.61. The molecule has 0 radical (unpaired) electrons. The summed E-state index contributed by atoms with van der Waals surface area (Å²) in [7, 11) is 1.93. The molecule has 0 aliphatic heterocycles. The first-order valence-electron chi connectivity index (χ1n) is 6.28. The number of nitrogens with zero attached hydrogens (tertiary/aromatic N) is 2. The molecule has 0 aliphatic rings. The summed E-state index contributed by atoms with van der Waals surface area (Å²) in [6.45, 7) is 3.03. The van der Waals surface area contributed by atoms with Gasteiger partial charge in [0.1, 0.15) is 12.4 Å². The fourth-order valence-corrected chi connectivity index (χ4v) is 2.67. The highest BCUT2D eigenvalue weighted by atomic mass is 79.9. The summed E-state index contributed by atoms with van der Waals surface area (Å²) in [5.41, 5.74) is 8.79. The zero-order chi connectivity index (χ0) is 13.8. The van der Waals surface area contributed by atoms with Crippen LogP contribution in [0.4, 0.5) is 0 Å². The van der Waals surface area contributed by atoms with Crippen LogP contribution in [-0.2, 0) is 26.6 Å². The first-order valence-corrected chi connectivity index (χ1v) is 7.07. The second-order valence-electron chi connectivity index (χ2n) is 4.29. The largest absolute Gasteiger partial charge is 0.487 e. The van der Waals surface area contributed by atoms with Crippen molar-refractivity contribution in [2.75, 3.05) is 0 Å². The van der Waals surface area contributed by atoms with E-state index in [1.165, 1.54) is 0 Å². The molecule has 2 rings (SSSR count). The molecule has 1 heterocycles. The van der Waals surface area contributed by atoms with Crippen LogP contribution in [-0.4, -0.2) is 9.78 Å². The summed E-state index contributed by atoms with van der Waals surface area (Å²) in [5.74, 6) is 0.830. The molecular formula is C14H18BrN3O. The number of para-hydroxylation sites is 1. The van der Waals surface area contributed by atoms with E-state index in [-0.39, 0.29) is 0 Å². The zero-order valence-electron chi connectivity index (χ0n) is 11.2. The Labute approximate surface area is 121 Å². The third-order valence-corrected chi connectivity index (χ3v) is 3.98. The van der Waals surface area contributed by atoms with Crippen LogP contribution < -0.4 is 10.5 Å². The molecule has 2 aromatic rings. The number of hydrogen-bond acceptors (Lipinski definition) is 3. The lowest BCUT2D eigenvalue weighted by Gasteiger charge is -2.10. The quantitative estimate of drug-likeness (QED) is 0.920. The van der Waals surface area contributed by atoms with Gasteiger partial charge in [-0.25, -0.2) is 0 Å². The Hall–Kier alpha value is -1.33. The van der Waals surface area contributed by atoms with Gasteiger partial charge in [0.05, 0.1) is 15.9 Å². The van der Waals surface area contributed by atoms with E-state index in [0.717, 1.165) is 33.6 Å². The smallest absolute Gasteiger partial charge is 0.131 e. The van der Waals surface area contributed by atoms with Gasteiger partial charge in [-0.3, -0.25) is 4.68 Å². The number of aryl methyl sites for hydroxylation is 2. The van der Waals surface area contributed by atoms with Gasteiger partial charge in [-0.05, 0) is 28.4 Å². The molecule has 19 heavy (non-hydrogen) atoms. The summed E-state index contributed by atoms with van der Waals surface area (Å²) in [6.07, 6.45) is 0.897. The van der Waals surface area contributed by atoms with Crippen LogP contribution in [0.15, 0.2) is 28.7 Å². The summed E-state index contributed by atoms with van der Waals surface area (Å²) in [6, 6.07) is 7.83. The highest BCUT2D eigenvalue weighted by Gasteiger charge is 2.13. The molecule has 4 nitrogen and oxygen atoms in total. The van der Waals surface area contributed by atoms with E-state index >= 15 is 0 Å². The Balaban J connectivity index is 2.17. The third-order valence-electron chi connectivity index (χ3n) is 3.06.